The van der Waals surface area contributed by atoms with Crippen molar-refractivity contribution in [3.8, 4) is 11.8 Å². The zero-order chi connectivity index (χ0) is 14.4. The number of halogens is 1. The molecule has 1 amide bonds. The topological polar surface area (TPSA) is 75.4 Å². The molecular formula is C14H11ClN2O3. The van der Waals surface area contributed by atoms with Gasteiger partial charge >= 0.3 is 0 Å². The third-order valence-electron chi connectivity index (χ3n) is 2.45. The van der Waals surface area contributed by atoms with Crippen LogP contribution in [0.5, 0.6) is 0 Å². The summed E-state index contributed by atoms with van der Waals surface area (Å²) in [5, 5.41) is 15.2. The van der Waals surface area contributed by atoms with Crippen molar-refractivity contribution in [3.63, 3.8) is 0 Å². The average molecular weight is 291 g/mol. The Morgan fingerprint density at radius 1 is 1.45 bits per heavy atom. The Balaban J connectivity index is 2.05. The van der Waals surface area contributed by atoms with Crippen molar-refractivity contribution >= 4 is 17.5 Å². The minimum Gasteiger partial charge on any atom is -0.384 e. The molecule has 0 saturated heterocycles. The van der Waals surface area contributed by atoms with E-state index in [1.165, 1.54) is 12.3 Å². The van der Waals surface area contributed by atoms with E-state index in [9.17, 15) is 4.79 Å². The lowest BCUT2D eigenvalue weighted by Gasteiger charge is -2.04. The average Bonchev–Trinajstić information content (AvgIpc) is 2.96. The summed E-state index contributed by atoms with van der Waals surface area (Å²) in [6.07, 6.45) is 1.51. The molecule has 0 spiro atoms. The molecule has 102 valence electrons. The number of nitrogens with zero attached hydrogens (tertiary/aromatic N) is 1. The Labute approximate surface area is 120 Å². The van der Waals surface area contributed by atoms with Crippen molar-refractivity contribution < 1.29 is 14.4 Å². The quantitative estimate of drug-likeness (QED) is 0.842. The predicted molar refractivity (Wildman–Crippen MR) is 73.1 cm³/mol. The van der Waals surface area contributed by atoms with Gasteiger partial charge in [-0.3, -0.25) is 4.79 Å². The summed E-state index contributed by atoms with van der Waals surface area (Å²) in [5.74, 6) is 5.49. The maximum Gasteiger partial charge on any atom is 0.251 e. The number of hydrogen-bond donors (Lipinski definition) is 2. The molecule has 2 rings (SSSR count). The number of hydrogen-bond acceptors (Lipinski definition) is 4. The van der Waals surface area contributed by atoms with Gasteiger partial charge in [0.1, 0.15) is 6.61 Å². The largest absolute Gasteiger partial charge is 0.384 e. The van der Waals surface area contributed by atoms with E-state index in [1.807, 2.05) is 0 Å². The minimum absolute atomic E-state index is 0.240. The highest BCUT2D eigenvalue weighted by Crippen LogP contribution is 2.17. The van der Waals surface area contributed by atoms with Gasteiger partial charge in [-0.05, 0) is 18.2 Å². The fourth-order valence-corrected chi connectivity index (χ4v) is 1.72. The van der Waals surface area contributed by atoms with Crippen molar-refractivity contribution in [2.75, 3.05) is 6.61 Å². The van der Waals surface area contributed by atoms with E-state index in [0.717, 1.165) is 0 Å². The van der Waals surface area contributed by atoms with Crippen LogP contribution in [0.15, 0.2) is 35.0 Å². The normalized spacial score (nSPS) is 9.70. The smallest absolute Gasteiger partial charge is 0.251 e. The van der Waals surface area contributed by atoms with E-state index in [2.05, 4.69) is 22.3 Å². The molecular weight excluding hydrogens is 280 g/mol. The summed E-state index contributed by atoms with van der Waals surface area (Å²) in [6, 6.07) is 6.44. The molecule has 0 fully saturated rings. The van der Waals surface area contributed by atoms with E-state index in [4.69, 9.17) is 21.2 Å². The van der Waals surface area contributed by atoms with Gasteiger partial charge in [-0.25, -0.2) is 0 Å². The number of rotatable bonds is 3. The highest BCUT2D eigenvalue weighted by atomic mass is 35.5. The van der Waals surface area contributed by atoms with Gasteiger partial charge < -0.3 is 14.9 Å². The molecule has 0 unspecified atom stereocenters. The van der Waals surface area contributed by atoms with Gasteiger partial charge in [0.2, 0.25) is 0 Å². The lowest BCUT2D eigenvalue weighted by molar-refractivity contribution is 0.0947. The number of aromatic nitrogens is 1. The summed E-state index contributed by atoms with van der Waals surface area (Å²) in [7, 11) is 0. The second-order valence-electron chi connectivity index (χ2n) is 3.82. The van der Waals surface area contributed by atoms with E-state index in [-0.39, 0.29) is 19.1 Å². The Bertz CT molecular complexity index is 657. The summed E-state index contributed by atoms with van der Waals surface area (Å²) in [6.45, 7) is 0.0122. The lowest BCUT2D eigenvalue weighted by Crippen LogP contribution is -2.22. The molecule has 1 aromatic heterocycles. The van der Waals surface area contributed by atoms with Crippen molar-refractivity contribution in [1.29, 1.82) is 0 Å². The van der Waals surface area contributed by atoms with Crippen molar-refractivity contribution in [2.24, 2.45) is 0 Å². The summed E-state index contributed by atoms with van der Waals surface area (Å²) >= 11 is 6.02. The first-order valence-corrected chi connectivity index (χ1v) is 6.15. The van der Waals surface area contributed by atoms with E-state index >= 15 is 0 Å². The first kappa shape index (κ1) is 14.1. The SMILES string of the molecule is O=C(NCc1ccno1)c1ccc(C#CCO)c(Cl)c1. The molecule has 2 aromatic rings. The van der Waals surface area contributed by atoms with E-state index in [0.29, 0.717) is 21.9 Å². The molecule has 5 nitrogen and oxygen atoms in total. The molecule has 0 aliphatic carbocycles. The lowest BCUT2D eigenvalue weighted by atomic mass is 10.1. The third kappa shape index (κ3) is 3.60. The van der Waals surface area contributed by atoms with Crippen LogP contribution in [0.1, 0.15) is 21.7 Å². The first-order valence-electron chi connectivity index (χ1n) is 5.77. The molecule has 1 aromatic carbocycles. The van der Waals surface area contributed by atoms with E-state index in [1.54, 1.807) is 18.2 Å². The first-order chi connectivity index (χ1) is 9.70. The number of amides is 1. The molecule has 2 N–H and O–H groups in total. The van der Waals surface area contributed by atoms with Gasteiger partial charge in [0, 0.05) is 17.2 Å². The van der Waals surface area contributed by atoms with Crippen molar-refractivity contribution in [1.82, 2.24) is 10.5 Å². The Morgan fingerprint density at radius 2 is 2.30 bits per heavy atom. The highest BCUT2D eigenvalue weighted by molar-refractivity contribution is 6.32. The number of nitrogens with one attached hydrogen (secondary N) is 1. The van der Waals surface area contributed by atoms with Crippen LogP contribution in [0.4, 0.5) is 0 Å². The monoisotopic (exact) mass is 290 g/mol. The summed E-state index contributed by atoms with van der Waals surface area (Å²) < 4.78 is 4.87. The van der Waals surface area contributed by atoms with Crippen LogP contribution in [-0.4, -0.2) is 22.8 Å². The molecule has 0 aliphatic rings. The number of aliphatic hydroxyl groups is 1. The zero-order valence-corrected chi connectivity index (χ0v) is 11.1. The number of benzene rings is 1. The molecule has 1 heterocycles. The van der Waals surface area contributed by atoms with Crippen molar-refractivity contribution in [2.45, 2.75) is 6.54 Å². The predicted octanol–water partition coefficient (Wildman–Crippen LogP) is 1.60. The van der Waals surface area contributed by atoms with Crippen molar-refractivity contribution in [3.05, 3.63) is 52.4 Å². The second-order valence-corrected chi connectivity index (χ2v) is 4.22. The third-order valence-corrected chi connectivity index (χ3v) is 2.76. The number of carbonyl (C=O) groups excluding carboxylic acids is 1. The molecule has 0 atom stereocenters. The number of aliphatic hydroxyl groups excluding tert-OH is 1. The standard InChI is InChI=1S/C14H11ClN2O3/c15-13-8-11(4-3-10(13)2-1-7-18)14(19)16-9-12-5-6-17-20-12/h3-6,8,18H,7,9H2,(H,16,19). The molecule has 0 aliphatic heterocycles. The van der Waals surface area contributed by atoms with Crippen LogP contribution in [0.3, 0.4) is 0 Å². The molecule has 20 heavy (non-hydrogen) atoms. The Kier molecular flexibility index (Phi) is 4.77. The van der Waals surface area contributed by atoms with E-state index < -0.39 is 0 Å². The summed E-state index contributed by atoms with van der Waals surface area (Å²) in [5.41, 5.74) is 0.983. The molecule has 0 radical (unpaired) electrons. The van der Waals surface area contributed by atoms with Gasteiger partial charge in [0.05, 0.1) is 17.8 Å². The minimum atomic E-state index is -0.273. The maximum absolute atomic E-state index is 11.9. The Hall–Kier alpha value is -2.29. The molecule has 0 saturated carbocycles. The molecule has 0 bridgehead atoms. The van der Waals surface area contributed by atoms with Gasteiger partial charge in [-0.1, -0.05) is 28.6 Å². The Morgan fingerprint density at radius 3 is 2.95 bits per heavy atom. The zero-order valence-electron chi connectivity index (χ0n) is 10.4. The number of carbonyl (C=O) groups is 1. The van der Waals surface area contributed by atoms with Gasteiger partial charge in [-0.2, -0.15) is 0 Å². The van der Waals surface area contributed by atoms with Crippen LogP contribution >= 0.6 is 11.6 Å². The second kappa shape index (κ2) is 6.75. The van der Waals surface area contributed by atoms with Crippen LogP contribution in [0, 0.1) is 11.8 Å². The summed E-state index contributed by atoms with van der Waals surface area (Å²) in [4.78, 5) is 11.9. The van der Waals surface area contributed by atoms with Crippen LogP contribution in [0.25, 0.3) is 0 Å². The molecule has 6 heteroatoms. The fourth-order valence-electron chi connectivity index (χ4n) is 1.50. The fraction of sp³-hybridized carbons (Fsp3) is 0.143. The van der Waals surface area contributed by atoms with Gasteiger partial charge in [-0.15, -0.1) is 0 Å². The van der Waals surface area contributed by atoms with Crippen LogP contribution < -0.4 is 5.32 Å². The highest BCUT2D eigenvalue weighted by Gasteiger charge is 2.08. The maximum atomic E-state index is 11.9. The van der Waals surface area contributed by atoms with Gasteiger partial charge in [0.15, 0.2) is 5.76 Å². The van der Waals surface area contributed by atoms with Crippen LogP contribution in [-0.2, 0) is 6.54 Å². The van der Waals surface area contributed by atoms with Crippen LogP contribution in [0.2, 0.25) is 5.02 Å². The van der Waals surface area contributed by atoms with Gasteiger partial charge in [0.25, 0.3) is 5.91 Å².